The van der Waals surface area contributed by atoms with Crippen LogP contribution in [0.2, 0.25) is 5.02 Å². The first kappa shape index (κ1) is 17.4. The van der Waals surface area contributed by atoms with Gasteiger partial charge in [-0.25, -0.2) is 0 Å². The maximum absolute atomic E-state index is 12.1. The smallest absolute Gasteiger partial charge is 0.236 e. The minimum atomic E-state index is 0.0374. The van der Waals surface area contributed by atoms with E-state index in [1.807, 2.05) is 36.2 Å². The third kappa shape index (κ3) is 5.96. The summed E-state index contributed by atoms with van der Waals surface area (Å²) in [4.78, 5) is 15.7. The van der Waals surface area contributed by atoms with Gasteiger partial charge >= 0.3 is 0 Å². The zero-order valence-corrected chi connectivity index (χ0v) is 14.1. The lowest BCUT2D eigenvalue weighted by Gasteiger charge is -2.21. The van der Waals surface area contributed by atoms with Crippen LogP contribution in [0.25, 0.3) is 0 Å². The highest BCUT2D eigenvalue weighted by Gasteiger charge is 2.13. The molecule has 0 N–H and O–H groups in total. The van der Waals surface area contributed by atoms with E-state index in [0.717, 1.165) is 11.5 Å². The van der Waals surface area contributed by atoms with Gasteiger partial charge in [-0.3, -0.25) is 9.69 Å². The Hall–Kier alpha value is -1.98. The molecule has 124 valence electrons. The van der Waals surface area contributed by atoms with Crippen molar-refractivity contribution in [3.8, 4) is 5.75 Å². The second-order valence-electron chi connectivity index (χ2n) is 5.37. The fourth-order valence-electron chi connectivity index (χ4n) is 2.01. The minimum Gasteiger partial charge on any atom is -0.492 e. The Morgan fingerprint density at radius 1 is 1.22 bits per heavy atom. The van der Waals surface area contributed by atoms with Gasteiger partial charge in [0.05, 0.1) is 19.4 Å². The SMILES string of the molecule is CN(CCOc1ccc(Cl)cc1)CC(=O)N(C)Cc1ccco1. The molecular formula is C17H21ClN2O3. The van der Waals surface area contributed by atoms with Crippen LogP contribution in [-0.4, -0.2) is 49.5 Å². The maximum Gasteiger partial charge on any atom is 0.236 e. The number of hydrogen-bond donors (Lipinski definition) is 0. The quantitative estimate of drug-likeness (QED) is 0.743. The highest BCUT2D eigenvalue weighted by molar-refractivity contribution is 6.30. The van der Waals surface area contributed by atoms with E-state index in [1.54, 1.807) is 30.3 Å². The minimum absolute atomic E-state index is 0.0374. The Balaban J connectivity index is 1.68. The molecule has 0 aliphatic carbocycles. The van der Waals surface area contributed by atoms with E-state index in [9.17, 15) is 4.79 Å². The van der Waals surface area contributed by atoms with Gasteiger partial charge in [-0.05, 0) is 43.4 Å². The van der Waals surface area contributed by atoms with Gasteiger partial charge in [0.1, 0.15) is 18.1 Å². The molecule has 0 saturated heterocycles. The highest BCUT2D eigenvalue weighted by atomic mass is 35.5. The second-order valence-corrected chi connectivity index (χ2v) is 5.81. The summed E-state index contributed by atoms with van der Waals surface area (Å²) >= 11 is 5.82. The van der Waals surface area contributed by atoms with Crippen molar-refractivity contribution in [2.45, 2.75) is 6.54 Å². The third-order valence-electron chi connectivity index (χ3n) is 3.36. The van der Waals surface area contributed by atoms with Gasteiger partial charge in [0, 0.05) is 18.6 Å². The van der Waals surface area contributed by atoms with Crippen LogP contribution >= 0.6 is 11.6 Å². The Morgan fingerprint density at radius 3 is 2.61 bits per heavy atom. The van der Waals surface area contributed by atoms with Gasteiger partial charge in [-0.1, -0.05) is 11.6 Å². The molecule has 0 saturated carbocycles. The summed E-state index contributed by atoms with van der Waals surface area (Å²) in [6.45, 7) is 1.97. The Morgan fingerprint density at radius 2 is 1.96 bits per heavy atom. The summed E-state index contributed by atoms with van der Waals surface area (Å²) in [5.74, 6) is 1.58. The first-order valence-electron chi connectivity index (χ1n) is 7.38. The molecular weight excluding hydrogens is 316 g/mol. The van der Waals surface area contributed by atoms with E-state index in [1.165, 1.54) is 0 Å². The van der Waals surface area contributed by atoms with Gasteiger partial charge < -0.3 is 14.1 Å². The molecule has 1 aromatic heterocycles. The van der Waals surface area contributed by atoms with Crippen molar-refractivity contribution in [3.05, 3.63) is 53.4 Å². The molecule has 6 heteroatoms. The molecule has 23 heavy (non-hydrogen) atoms. The Kier molecular flexibility index (Phi) is 6.50. The van der Waals surface area contributed by atoms with Crippen molar-refractivity contribution in [1.82, 2.24) is 9.80 Å². The molecule has 2 rings (SSSR count). The van der Waals surface area contributed by atoms with Crippen LogP contribution in [0.3, 0.4) is 0 Å². The molecule has 0 fully saturated rings. The number of carbonyl (C=O) groups is 1. The van der Waals surface area contributed by atoms with Gasteiger partial charge in [-0.15, -0.1) is 0 Å². The molecule has 0 bridgehead atoms. The first-order chi connectivity index (χ1) is 11.0. The molecule has 0 unspecified atom stereocenters. The number of nitrogens with zero attached hydrogens (tertiary/aromatic N) is 2. The zero-order chi connectivity index (χ0) is 16.7. The van der Waals surface area contributed by atoms with Crippen LogP contribution in [0.4, 0.5) is 0 Å². The van der Waals surface area contributed by atoms with E-state index < -0.39 is 0 Å². The summed E-state index contributed by atoms with van der Waals surface area (Å²) in [6.07, 6.45) is 1.61. The molecule has 2 aromatic rings. The van der Waals surface area contributed by atoms with Crippen molar-refractivity contribution in [3.63, 3.8) is 0 Å². The standard InChI is InChI=1S/C17H21ClN2O3/c1-19(9-11-23-15-7-5-14(18)6-8-15)13-17(21)20(2)12-16-4-3-10-22-16/h3-8,10H,9,11-13H2,1-2H3. The van der Waals surface area contributed by atoms with Crippen molar-refractivity contribution in [1.29, 1.82) is 0 Å². The second kappa shape index (κ2) is 8.60. The predicted octanol–water partition coefficient (Wildman–Crippen LogP) is 2.90. The summed E-state index contributed by atoms with van der Waals surface area (Å²) in [5.41, 5.74) is 0. The van der Waals surface area contributed by atoms with E-state index >= 15 is 0 Å². The third-order valence-corrected chi connectivity index (χ3v) is 3.61. The van der Waals surface area contributed by atoms with Crippen LogP contribution in [0.5, 0.6) is 5.75 Å². The van der Waals surface area contributed by atoms with Gasteiger partial charge in [-0.2, -0.15) is 0 Å². The number of amides is 1. The van der Waals surface area contributed by atoms with Crippen molar-refractivity contribution < 1.29 is 13.9 Å². The van der Waals surface area contributed by atoms with Crippen LogP contribution < -0.4 is 4.74 Å². The molecule has 5 nitrogen and oxygen atoms in total. The number of hydrogen-bond acceptors (Lipinski definition) is 4. The van der Waals surface area contributed by atoms with Crippen LogP contribution in [0.15, 0.2) is 47.1 Å². The summed E-state index contributed by atoms with van der Waals surface area (Å²) in [7, 11) is 3.66. The Labute approximate surface area is 141 Å². The number of halogens is 1. The molecule has 0 aliphatic heterocycles. The van der Waals surface area contributed by atoms with Crippen LogP contribution in [-0.2, 0) is 11.3 Å². The molecule has 1 amide bonds. The van der Waals surface area contributed by atoms with Gasteiger partial charge in [0.15, 0.2) is 0 Å². The average Bonchev–Trinajstić information content (AvgIpc) is 3.02. The summed E-state index contributed by atoms with van der Waals surface area (Å²) in [5, 5.41) is 0.680. The number of carbonyl (C=O) groups excluding carboxylic acids is 1. The monoisotopic (exact) mass is 336 g/mol. The summed E-state index contributed by atoms with van der Waals surface area (Å²) < 4.78 is 10.9. The number of benzene rings is 1. The highest BCUT2D eigenvalue weighted by Crippen LogP contribution is 2.15. The van der Waals surface area contributed by atoms with Gasteiger partial charge in [0.2, 0.25) is 5.91 Å². The normalized spacial score (nSPS) is 10.8. The summed E-state index contributed by atoms with van der Waals surface area (Å²) in [6, 6.07) is 10.9. The van der Waals surface area contributed by atoms with E-state index in [-0.39, 0.29) is 5.91 Å². The van der Waals surface area contributed by atoms with E-state index in [2.05, 4.69) is 0 Å². The first-order valence-corrected chi connectivity index (χ1v) is 7.75. The molecule has 1 aromatic carbocycles. The van der Waals surface area contributed by atoms with Crippen molar-refractivity contribution in [2.24, 2.45) is 0 Å². The largest absolute Gasteiger partial charge is 0.492 e. The topological polar surface area (TPSA) is 45.9 Å². The average molecular weight is 337 g/mol. The maximum atomic E-state index is 12.1. The molecule has 0 radical (unpaired) electrons. The van der Waals surface area contributed by atoms with Crippen molar-refractivity contribution in [2.75, 3.05) is 33.8 Å². The lowest BCUT2D eigenvalue weighted by molar-refractivity contribution is -0.131. The predicted molar refractivity (Wildman–Crippen MR) is 89.6 cm³/mol. The molecule has 1 heterocycles. The number of rotatable bonds is 8. The zero-order valence-electron chi connectivity index (χ0n) is 13.4. The molecule has 0 atom stereocenters. The lowest BCUT2D eigenvalue weighted by atomic mass is 10.3. The molecule has 0 spiro atoms. The fraction of sp³-hybridized carbons (Fsp3) is 0.353. The van der Waals surface area contributed by atoms with E-state index in [0.29, 0.717) is 31.3 Å². The number of ether oxygens (including phenoxy) is 1. The van der Waals surface area contributed by atoms with Crippen molar-refractivity contribution >= 4 is 17.5 Å². The van der Waals surface area contributed by atoms with Crippen LogP contribution in [0, 0.1) is 0 Å². The fourth-order valence-corrected chi connectivity index (χ4v) is 2.13. The van der Waals surface area contributed by atoms with Crippen LogP contribution in [0.1, 0.15) is 5.76 Å². The molecule has 0 aliphatic rings. The number of likely N-dealkylation sites (N-methyl/N-ethyl adjacent to an activating group) is 2. The number of furan rings is 1. The lowest BCUT2D eigenvalue weighted by Crippen LogP contribution is -2.37. The van der Waals surface area contributed by atoms with E-state index in [4.69, 9.17) is 20.8 Å². The Bertz CT molecular complexity index is 599. The van der Waals surface area contributed by atoms with Gasteiger partial charge in [0.25, 0.3) is 0 Å².